The molecular formula is C21H15F11O. The van der Waals surface area contributed by atoms with E-state index in [0.29, 0.717) is 12.5 Å². The molecule has 1 unspecified atom stereocenters. The lowest BCUT2D eigenvalue weighted by atomic mass is 9.67. The molecule has 2 aromatic rings. The van der Waals surface area contributed by atoms with Crippen LogP contribution in [0.1, 0.15) is 18.9 Å². The molecule has 1 N–H and O–H groups in total. The second-order valence-corrected chi connectivity index (χ2v) is 8.07. The molecule has 0 radical (unpaired) electrons. The number of halogens is 11. The van der Waals surface area contributed by atoms with E-state index >= 15 is 4.39 Å². The first-order valence-corrected chi connectivity index (χ1v) is 9.24. The van der Waals surface area contributed by atoms with Crippen LogP contribution in [0, 0.1) is 0 Å². The standard InChI is InChI=1S/C21H15F11O/c1-15(33,14-9-5-8-13(10-14)12-6-3-2-4-7-12)11-16(22)17(23,24)19(27,28)21(31,32)20(29,30)18(16,25)26/h2-10,33H,11H2,1H3. The summed E-state index contributed by atoms with van der Waals surface area (Å²) >= 11 is 0. The van der Waals surface area contributed by atoms with Gasteiger partial charge in [0.2, 0.25) is 0 Å². The summed E-state index contributed by atoms with van der Waals surface area (Å²) in [5.41, 5.74) is -9.34. The van der Waals surface area contributed by atoms with Crippen LogP contribution in [0.15, 0.2) is 54.6 Å². The predicted molar refractivity (Wildman–Crippen MR) is 94.6 cm³/mol. The molecule has 1 fully saturated rings. The smallest absolute Gasteiger partial charge is 0.384 e. The Bertz CT molecular complexity index is 1000. The molecule has 1 aliphatic carbocycles. The highest BCUT2D eigenvalue weighted by atomic mass is 19.4. The van der Waals surface area contributed by atoms with E-state index < -0.39 is 52.9 Å². The average Bonchev–Trinajstić information content (AvgIpc) is 2.72. The molecule has 0 saturated heterocycles. The van der Waals surface area contributed by atoms with Crippen LogP contribution in [-0.2, 0) is 5.60 Å². The third-order valence-electron chi connectivity index (χ3n) is 5.75. The Morgan fingerprint density at radius 3 is 1.52 bits per heavy atom. The van der Waals surface area contributed by atoms with Gasteiger partial charge in [-0.05, 0) is 29.7 Å². The Morgan fingerprint density at radius 2 is 1.03 bits per heavy atom. The van der Waals surface area contributed by atoms with Crippen molar-refractivity contribution in [3.63, 3.8) is 0 Å². The van der Waals surface area contributed by atoms with E-state index in [1.807, 2.05) is 0 Å². The minimum Gasteiger partial charge on any atom is -0.385 e. The van der Waals surface area contributed by atoms with Crippen LogP contribution in [0.2, 0.25) is 0 Å². The van der Waals surface area contributed by atoms with Crippen molar-refractivity contribution in [3.8, 4) is 11.1 Å². The van der Waals surface area contributed by atoms with Gasteiger partial charge in [0.1, 0.15) is 0 Å². The maximum atomic E-state index is 15.1. The number of alkyl halides is 11. The van der Waals surface area contributed by atoms with E-state index in [-0.39, 0.29) is 5.56 Å². The van der Waals surface area contributed by atoms with Crippen LogP contribution in [0.25, 0.3) is 11.1 Å². The third-order valence-corrected chi connectivity index (χ3v) is 5.75. The number of hydrogen-bond acceptors (Lipinski definition) is 1. The van der Waals surface area contributed by atoms with Crippen molar-refractivity contribution >= 4 is 0 Å². The molecule has 0 spiro atoms. The van der Waals surface area contributed by atoms with E-state index in [9.17, 15) is 49.0 Å². The van der Waals surface area contributed by atoms with E-state index in [2.05, 4.69) is 0 Å². The number of benzene rings is 2. The Labute approximate surface area is 179 Å². The molecule has 12 heteroatoms. The lowest BCUT2D eigenvalue weighted by Crippen LogP contribution is -2.84. The van der Waals surface area contributed by atoms with Gasteiger partial charge in [0.25, 0.3) is 5.67 Å². The van der Waals surface area contributed by atoms with Gasteiger partial charge in [0.15, 0.2) is 0 Å². The van der Waals surface area contributed by atoms with Gasteiger partial charge in [-0.2, -0.15) is 43.9 Å². The fraction of sp³-hybridized carbons (Fsp3) is 0.429. The molecule has 0 heterocycles. The van der Waals surface area contributed by atoms with Gasteiger partial charge in [-0.1, -0.05) is 48.5 Å². The summed E-state index contributed by atoms with van der Waals surface area (Å²) in [5.74, 6) is -35.7. The van der Waals surface area contributed by atoms with Gasteiger partial charge in [-0.25, -0.2) is 4.39 Å². The highest BCUT2D eigenvalue weighted by Gasteiger charge is 3.01. The summed E-state index contributed by atoms with van der Waals surface area (Å²) in [6.45, 7) is 0.438. The third kappa shape index (κ3) is 3.08. The monoisotopic (exact) mass is 492 g/mol. The number of rotatable bonds is 4. The summed E-state index contributed by atoms with van der Waals surface area (Å²) < 4.78 is 154. The highest BCUT2D eigenvalue weighted by Crippen LogP contribution is 2.71. The number of aliphatic hydroxyl groups is 1. The van der Waals surface area contributed by atoms with Crippen LogP contribution in [0.3, 0.4) is 0 Å². The second kappa shape index (κ2) is 7.07. The van der Waals surface area contributed by atoms with Crippen LogP contribution in [0.5, 0.6) is 0 Å². The zero-order valence-electron chi connectivity index (χ0n) is 16.5. The van der Waals surface area contributed by atoms with Crippen molar-refractivity contribution in [3.05, 3.63) is 60.2 Å². The second-order valence-electron chi connectivity index (χ2n) is 8.07. The maximum Gasteiger partial charge on any atom is 0.384 e. The molecule has 33 heavy (non-hydrogen) atoms. The van der Waals surface area contributed by atoms with E-state index in [1.54, 1.807) is 18.2 Å². The van der Waals surface area contributed by atoms with Gasteiger partial charge in [0, 0.05) is 6.42 Å². The maximum absolute atomic E-state index is 15.1. The fourth-order valence-electron chi connectivity index (χ4n) is 3.75. The molecule has 0 aliphatic heterocycles. The summed E-state index contributed by atoms with van der Waals surface area (Å²) in [7, 11) is 0. The first-order chi connectivity index (χ1) is 14.8. The van der Waals surface area contributed by atoms with Crippen LogP contribution >= 0.6 is 0 Å². The largest absolute Gasteiger partial charge is 0.385 e. The SMILES string of the molecule is CC(O)(CC1(F)C(F)(F)C(F)(F)C(F)(F)C(F)(F)C1(F)F)c1cccc(-c2ccccc2)c1. The molecule has 2 aromatic carbocycles. The van der Waals surface area contributed by atoms with Crippen molar-refractivity contribution in [1.29, 1.82) is 0 Å². The number of hydrogen-bond donors (Lipinski definition) is 1. The van der Waals surface area contributed by atoms with Crippen molar-refractivity contribution in [2.45, 2.75) is 54.2 Å². The molecule has 1 atom stereocenters. The first-order valence-electron chi connectivity index (χ1n) is 9.24. The van der Waals surface area contributed by atoms with Crippen LogP contribution < -0.4 is 0 Å². The first kappa shape index (κ1) is 25.3. The van der Waals surface area contributed by atoms with Crippen molar-refractivity contribution < 1.29 is 53.4 Å². The lowest BCUT2D eigenvalue weighted by molar-refractivity contribution is -0.488. The van der Waals surface area contributed by atoms with Crippen molar-refractivity contribution in [2.75, 3.05) is 0 Å². The lowest BCUT2D eigenvalue weighted by Gasteiger charge is -2.53. The van der Waals surface area contributed by atoms with Crippen LogP contribution in [-0.4, -0.2) is 40.4 Å². The summed E-state index contributed by atoms with van der Waals surface area (Å²) in [6, 6.07) is 12.4. The minimum atomic E-state index is -7.29. The summed E-state index contributed by atoms with van der Waals surface area (Å²) in [4.78, 5) is 0. The molecule has 0 aromatic heterocycles. The Morgan fingerprint density at radius 1 is 0.606 bits per heavy atom. The zero-order valence-corrected chi connectivity index (χ0v) is 16.5. The van der Waals surface area contributed by atoms with E-state index in [4.69, 9.17) is 0 Å². The normalized spacial score (nSPS) is 25.7. The van der Waals surface area contributed by atoms with E-state index in [1.165, 1.54) is 24.3 Å². The Kier molecular flexibility index (Phi) is 5.41. The van der Waals surface area contributed by atoms with Gasteiger partial charge in [-0.15, -0.1) is 0 Å². The molecule has 0 bridgehead atoms. The van der Waals surface area contributed by atoms with Gasteiger partial charge in [-0.3, -0.25) is 0 Å². The van der Waals surface area contributed by atoms with Gasteiger partial charge < -0.3 is 5.11 Å². The van der Waals surface area contributed by atoms with Gasteiger partial charge in [0.05, 0.1) is 5.60 Å². The Hall–Kier alpha value is -2.37. The molecule has 1 nitrogen and oxygen atoms in total. The van der Waals surface area contributed by atoms with E-state index in [0.717, 1.165) is 12.1 Å². The minimum absolute atomic E-state index is 0.241. The average molecular weight is 492 g/mol. The molecule has 1 saturated carbocycles. The zero-order chi connectivity index (χ0) is 25.3. The molecule has 1 aliphatic rings. The topological polar surface area (TPSA) is 20.2 Å². The summed E-state index contributed by atoms with van der Waals surface area (Å²) in [5, 5.41) is 10.5. The predicted octanol–water partition coefficient (Wildman–Crippen LogP) is 6.85. The van der Waals surface area contributed by atoms with Crippen molar-refractivity contribution in [1.82, 2.24) is 0 Å². The molecule has 0 amide bonds. The molecular weight excluding hydrogens is 477 g/mol. The molecule has 182 valence electrons. The van der Waals surface area contributed by atoms with Crippen molar-refractivity contribution in [2.24, 2.45) is 0 Å². The summed E-state index contributed by atoms with van der Waals surface area (Å²) in [6.07, 6.45) is -2.75. The highest BCUT2D eigenvalue weighted by molar-refractivity contribution is 5.64. The van der Waals surface area contributed by atoms with Crippen LogP contribution in [0.4, 0.5) is 48.3 Å². The quantitative estimate of drug-likeness (QED) is 0.463. The molecule has 3 rings (SSSR count). The fourth-order valence-corrected chi connectivity index (χ4v) is 3.75. The Balaban J connectivity index is 2.14. The van der Waals surface area contributed by atoms with Gasteiger partial charge >= 0.3 is 29.6 Å².